The molecule has 0 amide bonds. The van der Waals surface area contributed by atoms with E-state index in [1.54, 1.807) is 6.07 Å². The summed E-state index contributed by atoms with van der Waals surface area (Å²) in [6.07, 6.45) is 3.85. The Morgan fingerprint density at radius 3 is 2.52 bits per heavy atom. The van der Waals surface area contributed by atoms with Crippen molar-refractivity contribution in [2.45, 2.75) is 30.1 Å². The summed E-state index contributed by atoms with van der Waals surface area (Å²) in [6, 6.07) is 14.3. The van der Waals surface area contributed by atoms with Gasteiger partial charge in [0.1, 0.15) is 5.82 Å². The van der Waals surface area contributed by atoms with E-state index >= 15 is 0 Å². The van der Waals surface area contributed by atoms with Crippen LogP contribution in [-0.4, -0.2) is 11.5 Å². The van der Waals surface area contributed by atoms with Crippen LogP contribution >= 0.6 is 11.8 Å². The Morgan fingerprint density at radius 1 is 1.14 bits per heavy atom. The molecule has 2 aromatic rings. The van der Waals surface area contributed by atoms with Gasteiger partial charge < -0.3 is 0 Å². The van der Waals surface area contributed by atoms with E-state index in [1.165, 1.54) is 48.7 Å². The lowest BCUT2D eigenvalue weighted by molar-refractivity contribution is 0.102. The molecule has 0 heterocycles. The minimum atomic E-state index is -0.266. The zero-order chi connectivity index (χ0) is 14.7. The molecule has 0 aromatic heterocycles. The van der Waals surface area contributed by atoms with E-state index in [1.807, 2.05) is 18.2 Å². The monoisotopic (exact) mass is 300 g/mol. The Hall–Kier alpha value is -1.61. The molecule has 0 saturated heterocycles. The van der Waals surface area contributed by atoms with Gasteiger partial charge in [-0.3, -0.25) is 4.79 Å². The molecule has 1 nitrogen and oxygen atoms in total. The number of ketones is 1. The summed E-state index contributed by atoms with van der Waals surface area (Å²) in [4.78, 5) is 12.9. The van der Waals surface area contributed by atoms with Crippen molar-refractivity contribution >= 4 is 17.5 Å². The third kappa shape index (κ3) is 3.53. The SMILES string of the molecule is O=C(CSc1cccc(F)c1)c1ccc(C2CCC2)cc1. The predicted molar refractivity (Wildman–Crippen MR) is 84.5 cm³/mol. The van der Waals surface area contributed by atoms with Crippen LogP contribution in [0.4, 0.5) is 4.39 Å². The molecule has 1 fully saturated rings. The molecule has 0 N–H and O–H groups in total. The summed E-state index contributed by atoms with van der Waals surface area (Å²) in [6.45, 7) is 0. The van der Waals surface area contributed by atoms with Crippen molar-refractivity contribution in [1.82, 2.24) is 0 Å². The molecule has 0 unspecified atom stereocenters. The van der Waals surface area contributed by atoms with Crippen molar-refractivity contribution in [1.29, 1.82) is 0 Å². The second-order valence-corrected chi connectivity index (χ2v) is 6.47. The van der Waals surface area contributed by atoms with Crippen molar-refractivity contribution in [3.05, 3.63) is 65.5 Å². The Bertz CT molecular complexity index is 632. The molecule has 0 atom stereocenters. The third-order valence-electron chi connectivity index (χ3n) is 3.98. The van der Waals surface area contributed by atoms with Crippen LogP contribution in [0.1, 0.15) is 41.1 Å². The first kappa shape index (κ1) is 14.3. The maximum Gasteiger partial charge on any atom is 0.173 e. The summed E-state index contributed by atoms with van der Waals surface area (Å²) in [5.74, 6) is 0.851. The Balaban J connectivity index is 1.59. The summed E-state index contributed by atoms with van der Waals surface area (Å²) in [7, 11) is 0. The van der Waals surface area contributed by atoms with Gasteiger partial charge >= 0.3 is 0 Å². The molecule has 1 saturated carbocycles. The first-order valence-corrected chi connectivity index (χ1v) is 8.22. The maximum absolute atomic E-state index is 13.1. The lowest BCUT2D eigenvalue weighted by Gasteiger charge is -2.25. The van der Waals surface area contributed by atoms with Crippen LogP contribution in [0, 0.1) is 5.82 Å². The standard InChI is InChI=1S/C18H17FOS/c19-16-5-2-6-17(11-16)21-12-18(20)15-9-7-14(8-10-15)13-3-1-4-13/h2,5-11,13H,1,3-4,12H2. The van der Waals surface area contributed by atoms with E-state index in [4.69, 9.17) is 0 Å². The Morgan fingerprint density at radius 2 is 1.90 bits per heavy atom. The van der Waals surface area contributed by atoms with E-state index in [0.717, 1.165) is 10.5 Å². The number of rotatable bonds is 5. The number of carbonyl (C=O) groups excluding carboxylic acids is 1. The zero-order valence-electron chi connectivity index (χ0n) is 11.7. The van der Waals surface area contributed by atoms with Crippen LogP contribution in [0.5, 0.6) is 0 Å². The minimum absolute atomic E-state index is 0.0874. The molecule has 108 valence electrons. The molecule has 0 spiro atoms. The molecular weight excluding hydrogens is 283 g/mol. The van der Waals surface area contributed by atoms with Crippen molar-refractivity contribution in [2.75, 3.05) is 5.75 Å². The highest BCUT2D eigenvalue weighted by atomic mass is 32.2. The first-order chi connectivity index (χ1) is 10.2. The van der Waals surface area contributed by atoms with Gasteiger partial charge in [-0.1, -0.05) is 36.8 Å². The summed E-state index contributed by atoms with van der Waals surface area (Å²) in [5.41, 5.74) is 2.08. The average molecular weight is 300 g/mol. The Kier molecular flexibility index (Phi) is 4.39. The van der Waals surface area contributed by atoms with Crippen LogP contribution in [-0.2, 0) is 0 Å². The van der Waals surface area contributed by atoms with Gasteiger partial charge in [0.05, 0.1) is 5.75 Å². The van der Waals surface area contributed by atoms with Gasteiger partial charge in [0.2, 0.25) is 0 Å². The normalized spacial score (nSPS) is 14.7. The average Bonchev–Trinajstić information content (AvgIpc) is 2.44. The summed E-state index contributed by atoms with van der Waals surface area (Å²) >= 11 is 1.37. The largest absolute Gasteiger partial charge is 0.293 e. The van der Waals surface area contributed by atoms with E-state index in [0.29, 0.717) is 11.7 Å². The number of Topliss-reactive ketones (excluding diaryl/α,β-unsaturated/α-hetero) is 1. The van der Waals surface area contributed by atoms with Crippen molar-refractivity contribution in [3.63, 3.8) is 0 Å². The van der Waals surface area contributed by atoms with Gasteiger partial charge in [-0.25, -0.2) is 4.39 Å². The van der Waals surface area contributed by atoms with Gasteiger partial charge in [0, 0.05) is 10.5 Å². The van der Waals surface area contributed by atoms with Gasteiger partial charge in [-0.2, -0.15) is 0 Å². The predicted octanol–water partition coefficient (Wildman–Crippen LogP) is 5.07. The van der Waals surface area contributed by atoms with E-state index in [9.17, 15) is 9.18 Å². The molecule has 0 bridgehead atoms. The van der Waals surface area contributed by atoms with E-state index in [2.05, 4.69) is 12.1 Å². The second kappa shape index (κ2) is 6.44. The van der Waals surface area contributed by atoms with E-state index in [-0.39, 0.29) is 11.6 Å². The second-order valence-electron chi connectivity index (χ2n) is 5.42. The number of carbonyl (C=O) groups is 1. The van der Waals surface area contributed by atoms with Crippen molar-refractivity contribution in [2.24, 2.45) is 0 Å². The van der Waals surface area contributed by atoms with Crippen LogP contribution in [0.25, 0.3) is 0 Å². The smallest absolute Gasteiger partial charge is 0.173 e. The molecule has 0 radical (unpaired) electrons. The van der Waals surface area contributed by atoms with Crippen molar-refractivity contribution < 1.29 is 9.18 Å². The van der Waals surface area contributed by atoms with Crippen LogP contribution in [0.3, 0.4) is 0 Å². The van der Waals surface area contributed by atoms with Gasteiger partial charge in [-0.15, -0.1) is 11.8 Å². The summed E-state index contributed by atoms with van der Waals surface area (Å²) < 4.78 is 13.1. The molecule has 0 aliphatic heterocycles. The van der Waals surface area contributed by atoms with Gasteiger partial charge in [0.25, 0.3) is 0 Å². The fourth-order valence-electron chi connectivity index (χ4n) is 2.47. The zero-order valence-corrected chi connectivity index (χ0v) is 12.5. The third-order valence-corrected chi connectivity index (χ3v) is 4.97. The van der Waals surface area contributed by atoms with Gasteiger partial charge in [-0.05, 0) is 42.5 Å². The van der Waals surface area contributed by atoms with E-state index < -0.39 is 0 Å². The first-order valence-electron chi connectivity index (χ1n) is 7.24. The fourth-order valence-corrected chi connectivity index (χ4v) is 3.31. The lowest BCUT2D eigenvalue weighted by Crippen LogP contribution is -2.09. The number of hydrogen-bond donors (Lipinski definition) is 0. The number of halogens is 1. The number of thioether (sulfide) groups is 1. The fraction of sp³-hybridized carbons (Fsp3) is 0.278. The van der Waals surface area contributed by atoms with Crippen LogP contribution < -0.4 is 0 Å². The highest BCUT2D eigenvalue weighted by molar-refractivity contribution is 8.00. The number of hydrogen-bond acceptors (Lipinski definition) is 2. The molecule has 2 aromatic carbocycles. The Labute approximate surface area is 128 Å². The molecule has 1 aliphatic carbocycles. The molecule has 21 heavy (non-hydrogen) atoms. The lowest BCUT2D eigenvalue weighted by atomic mass is 9.80. The van der Waals surface area contributed by atoms with Crippen molar-refractivity contribution in [3.8, 4) is 0 Å². The quantitative estimate of drug-likeness (QED) is 0.566. The minimum Gasteiger partial charge on any atom is -0.293 e. The molecule has 3 rings (SSSR count). The highest BCUT2D eigenvalue weighted by Crippen LogP contribution is 2.36. The highest BCUT2D eigenvalue weighted by Gasteiger charge is 2.19. The molecule has 3 heteroatoms. The number of benzene rings is 2. The van der Waals surface area contributed by atoms with Crippen LogP contribution in [0.15, 0.2) is 53.4 Å². The topological polar surface area (TPSA) is 17.1 Å². The molecular formula is C18H17FOS. The summed E-state index contributed by atoms with van der Waals surface area (Å²) in [5, 5.41) is 0. The van der Waals surface area contributed by atoms with Gasteiger partial charge in [0.15, 0.2) is 5.78 Å². The maximum atomic E-state index is 13.1. The molecule has 1 aliphatic rings. The van der Waals surface area contributed by atoms with Crippen LogP contribution in [0.2, 0.25) is 0 Å².